The van der Waals surface area contributed by atoms with Crippen LogP contribution in [0.4, 0.5) is 0 Å². The van der Waals surface area contributed by atoms with Crippen molar-refractivity contribution in [1.29, 1.82) is 0 Å². The minimum absolute atomic E-state index is 0.103. The lowest BCUT2D eigenvalue weighted by atomic mass is 9.48. The Morgan fingerprint density at radius 3 is 2.68 bits per heavy atom. The highest BCUT2D eigenvalue weighted by Gasteiger charge is 2.61. The van der Waals surface area contributed by atoms with E-state index in [1.165, 1.54) is 12.0 Å². The largest absolute Gasteiger partial charge is 0.393 e. The maximum Gasteiger partial charge on any atom is 0.143 e. The van der Waals surface area contributed by atoms with Crippen molar-refractivity contribution in [3.63, 3.8) is 0 Å². The van der Waals surface area contributed by atoms with Gasteiger partial charge in [-0.15, -0.1) is 0 Å². The first-order valence-electron chi connectivity index (χ1n) is 11.6. The molecule has 4 heteroatoms. The highest BCUT2D eigenvalue weighted by atomic mass is 16.5. The van der Waals surface area contributed by atoms with Crippen molar-refractivity contribution in [2.45, 2.75) is 64.9 Å². The molecule has 5 aliphatic rings. The van der Waals surface area contributed by atoms with Crippen LogP contribution in [-0.2, 0) is 9.53 Å². The number of Topliss-reactive ketones (excluding diaryl/α,β-unsaturated/α-hetero) is 1. The number of ether oxygens (including phenoxy) is 1. The average Bonchev–Trinajstić information content (AvgIpc) is 2.94. The molecule has 0 unspecified atom stereocenters. The Kier molecular flexibility index (Phi) is 4.76. The maximum atomic E-state index is 13.5. The molecule has 7 atom stereocenters. The summed E-state index contributed by atoms with van der Waals surface area (Å²) in [7, 11) is 0. The first kappa shape index (κ1) is 19.3. The van der Waals surface area contributed by atoms with Gasteiger partial charge < -0.3 is 9.84 Å². The van der Waals surface area contributed by atoms with Crippen LogP contribution in [0.15, 0.2) is 11.6 Å². The summed E-state index contributed by atoms with van der Waals surface area (Å²) < 4.78 is 5.49. The fourth-order valence-corrected chi connectivity index (χ4v) is 7.84. The van der Waals surface area contributed by atoms with Crippen LogP contribution in [0, 0.1) is 34.5 Å². The van der Waals surface area contributed by atoms with Crippen molar-refractivity contribution >= 4 is 5.78 Å². The summed E-state index contributed by atoms with van der Waals surface area (Å²) >= 11 is 0. The van der Waals surface area contributed by atoms with Crippen LogP contribution < -0.4 is 0 Å². The van der Waals surface area contributed by atoms with Crippen LogP contribution in [0.1, 0.15) is 58.8 Å². The molecule has 0 aromatic rings. The van der Waals surface area contributed by atoms with Gasteiger partial charge in [0.1, 0.15) is 5.78 Å². The molecule has 1 aliphatic heterocycles. The fourth-order valence-electron chi connectivity index (χ4n) is 7.84. The minimum Gasteiger partial charge on any atom is -0.393 e. The normalized spacial score (nSPS) is 49.2. The number of nitrogens with zero attached hydrogens (tertiary/aromatic N) is 1. The van der Waals surface area contributed by atoms with E-state index >= 15 is 0 Å². The van der Waals surface area contributed by atoms with Crippen molar-refractivity contribution in [3.05, 3.63) is 11.6 Å². The van der Waals surface area contributed by atoms with Crippen LogP contribution in [-0.4, -0.2) is 54.7 Å². The molecule has 1 N–H and O–H groups in total. The summed E-state index contributed by atoms with van der Waals surface area (Å²) in [6, 6.07) is 0. The Morgan fingerprint density at radius 2 is 1.89 bits per heavy atom. The smallest absolute Gasteiger partial charge is 0.143 e. The lowest BCUT2D eigenvalue weighted by Gasteiger charge is -2.56. The van der Waals surface area contributed by atoms with E-state index in [1.807, 2.05) is 0 Å². The fraction of sp³-hybridized carbons (Fsp3) is 0.875. The van der Waals surface area contributed by atoms with Gasteiger partial charge in [0, 0.05) is 31.0 Å². The third-order valence-corrected chi connectivity index (χ3v) is 9.52. The molecule has 1 heterocycles. The van der Waals surface area contributed by atoms with Crippen LogP contribution in [0.25, 0.3) is 0 Å². The molecule has 0 amide bonds. The standard InChI is InChI=1S/C24H37NO3/c1-23-7-5-18(26)14-17(23)3-4-19-20(23)6-8-24(2)21(19)13-16(22(24)27)15-25-9-11-28-12-10-25/h3,16,18-21,26H,4-15H2,1-2H3/t16-,18+,19+,20-,21-,23+,24-/m1/s1. The van der Waals surface area contributed by atoms with Gasteiger partial charge in [0.2, 0.25) is 0 Å². The topological polar surface area (TPSA) is 49.8 Å². The Morgan fingerprint density at radius 1 is 1.14 bits per heavy atom. The quantitative estimate of drug-likeness (QED) is 0.738. The number of hydrogen-bond donors (Lipinski definition) is 1. The van der Waals surface area contributed by atoms with E-state index in [2.05, 4.69) is 24.8 Å². The lowest BCUT2D eigenvalue weighted by Crippen LogP contribution is -2.50. The summed E-state index contributed by atoms with van der Waals surface area (Å²) in [5.74, 6) is 2.68. The summed E-state index contributed by atoms with van der Waals surface area (Å²) in [4.78, 5) is 16.0. The van der Waals surface area contributed by atoms with Crippen LogP contribution >= 0.6 is 0 Å². The highest BCUT2D eigenvalue weighted by molar-refractivity contribution is 5.89. The van der Waals surface area contributed by atoms with Gasteiger partial charge in [0.25, 0.3) is 0 Å². The monoisotopic (exact) mass is 387 g/mol. The average molecular weight is 388 g/mol. The zero-order valence-electron chi connectivity index (χ0n) is 17.7. The number of aliphatic hydroxyl groups excluding tert-OH is 1. The van der Waals surface area contributed by atoms with Gasteiger partial charge >= 0.3 is 0 Å². The Balaban J connectivity index is 1.38. The number of carbonyl (C=O) groups is 1. The molecule has 0 spiro atoms. The summed E-state index contributed by atoms with van der Waals surface area (Å²) in [6.45, 7) is 9.27. The van der Waals surface area contributed by atoms with E-state index in [4.69, 9.17) is 4.74 Å². The van der Waals surface area contributed by atoms with Gasteiger partial charge in [-0.05, 0) is 68.1 Å². The van der Waals surface area contributed by atoms with E-state index < -0.39 is 0 Å². The molecule has 28 heavy (non-hydrogen) atoms. The van der Waals surface area contributed by atoms with E-state index in [0.29, 0.717) is 23.5 Å². The maximum absolute atomic E-state index is 13.5. The van der Waals surface area contributed by atoms with Crippen LogP contribution in [0.3, 0.4) is 0 Å². The molecule has 4 aliphatic carbocycles. The molecule has 0 radical (unpaired) electrons. The zero-order valence-corrected chi connectivity index (χ0v) is 17.7. The number of morpholine rings is 1. The van der Waals surface area contributed by atoms with Crippen LogP contribution in [0.2, 0.25) is 0 Å². The Labute approximate surface area is 169 Å². The molecule has 1 saturated heterocycles. The molecule has 0 bridgehead atoms. The first-order chi connectivity index (χ1) is 13.4. The molecule has 5 rings (SSSR count). The van der Waals surface area contributed by atoms with Crippen molar-refractivity contribution in [2.24, 2.45) is 34.5 Å². The highest BCUT2D eigenvalue weighted by Crippen LogP contribution is 2.64. The molecule has 4 nitrogen and oxygen atoms in total. The third kappa shape index (κ3) is 2.86. The summed E-state index contributed by atoms with van der Waals surface area (Å²) in [5, 5.41) is 10.2. The van der Waals surface area contributed by atoms with E-state index in [-0.39, 0.29) is 22.9 Å². The van der Waals surface area contributed by atoms with E-state index in [0.717, 1.165) is 71.4 Å². The van der Waals surface area contributed by atoms with Gasteiger partial charge in [-0.2, -0.15) is 0 Å². The number of allylic oxidation sites excluding steroid dienone is 1. The third-order valence-electron chi connectivity index (χ3n) is 9.52. The molecule has 4 fully saturated rings. The predicted octanol–water partition coefficient (Wildman–Crippen LogP) is 3.44. The van der Waals surface area contributed by atoms with Crippen molar-refractivity contribution in [1.82, 2.24) is 4.90 Å². The van der Waals surface area contributed by atoms with Gasteiger partial charge in [-0.3, -0.25) is 9.69 Å². The zero-order chi connectivity index (χ0) is 19.5. The molecule has 156 valence electrons. The number of ketones is 1. The minimum atomic E-state index is -0.143. The Bertz CT molecular complexity index is 669. The SMILES string of the molecule is C[C@@]12CC[C@@H]3[C@H](CC=C4C[C@@H](O)CC[C@@]43C)[C@H]1C[C@H](CN1CCOCC1)C2=O. The van der Waals surface area contributed by atoms with Gasteiger partial charge in [-0.1, -0.05) is 25.5 Å². The second-order valence-corrected chi connectivity index (χ2v) is 10.8. The molecule has 0 aromatic heterocycles. The van der Waals surface area contributed by atoms with Crippen LogP contribution in [0.5, 0.6) is 0 Å². The number of rotatable bonds is 2. The number of fused-ring (bicyclic) bond motifs is 5. The first-order valence-corrected chi connectivity index (χ1v) is 11.6. The Hall–Kier alpha value is -0.710. The molecular formula is C24H37NO3. The van der Waals surface area contributed by atoms with Crippen molar-refractivity contribution in [2.75, 3.05) is 32.8 Å². The predicted molar refractivity (Wildman–Crippen MR) is 109 cm³/mol. The molecular weight excluding hydrogens is 350 g/mol. The van der Waals surface area contributed by atoms with Crippen molar-refractivity contribution < 1.29 is 14.6 Å². The number of hydrogen-bond acceptors (Lipinski definition) is 4. The van der Waals surface area contributed by atoms with Gasteiger partial charge in [0.05, 0.1) is 19.3 Å². The molecule has 0 aromatic carbocycles. The number of carbonyl (C=O) groups excluding carboxylic acids is 1. The van der Waals surface area contributed by atoms with E-state index in [1.54, 1.807) is 0 Å². The lowest BCUT2D eigenvalue weighted by molar-refractivity contribution is -0.134. The van der Waals surface area contributed by atoms with E-state index in [9.17, 15) is 9.90 Å². The second kappa shape index (κ2) is 6.92. The summed E-state index contributed by atoms with van der Waals surface area (Å²) in [5.41, 5.74) is 1.67. The van der Waals surface area contributed by atoms with Gasteiger partial charge in [-0.25, -0.2) is 0 Å². The van der Waals surface area contributed by atoms with Crippen molar-refractivity contribution in [3.8, 4) is 0 Å². The molecule has 3 saturated carbocycles. The van der Waals surface area contributed by atoms with Gasteiger partial charge in [0.15, 0.2) is 0 Å². The second-order valence-electron chi connectivity index (χ2n) is 10.8. The number of aliphatic hydroxyl groups is 1. The summed E-state index contributed by atoms with van der Waals surface area (Å²) in [6.07, 6.45) is 9.74.